The van der Waals surface area contributed by atoms with Crippen LogP contribution in [0.25, 0.3) is 0 Å². The average Bonchev–Trinajstić information content (AvgIpc) is 2.53. The molecule has 0 spiro atoms. The van der Waals surface area contributed by atoms with Crippen molar-refractivity contribution in [1.82, 2.24) is 9.55 Å². The van der Waals surface area contributed by atoms with Crippen molar-refractivity contribution in [2.75, 3.05) is 6.61 Å². The molecule has 0 aromatic carbocycles. The summed E-state index contributed by atoms with van der Waals surface area (Å²) in [5, 5.41) is 8.85. The first-order chi connectivity index (χ1) is 7.59. The van der Waals surface area contributed by atoms with Gasteiger partial charge in [0.05, 0.1) is 18.9 Å². The second-order valence-corrected chi connectivity index (χ2v) is 4.26. The minimum absolute atomic E-state index is 0.0226. The van der Waals surface area contributed by atoms with Crippen LogP contribution in [0.5, 0.6) is 0 Å². The van der Waals surface area contributed by atoms with Gasteiger partial charge in [-0.1, -0.05) is 0 Å². The summed E-state index contributed by atoms with van der Waals surface area (Å²) in [5.74, 6) is -0.205. The minimum Gasteiger partial charge on any atom is -0.481 e. The summed E-state index contributed by atoms with van der Waals surface area (Å²) in [6.07, 6.45) is 0.797. The molecule has 16 heavy (non-hydrogen) atoms. The topological polar surface area (TPSA) is 64.4 Å². The van der Waals surface area contributed by atoms with Gasteiger partial charge in [0.1, 0.15) is 12.2 Å². The first kappa shape index (κ1) is 11.1. The predicted octanol–water partition coefficient (Wildman–Crippen LogP) is 1.16. The molecule has 2 rings (SSSR count). The molecule has 0 unspecified atom stereocenters. The smallest absolute Gasteiger partial charge is 0.311 e. The van der Waals surface area contributed by atoms with Crippen LogP contribution >= 0.6 is 0 Å². The van der Waals surface area contributed by atoms with Crippen LogP contribution in [-0.2, 0) is 29.0 Å². The van der Waals surface area contributed by atoms with Crippen LogP contribution in [0.1, 0.15) is 37.1 Å². The van der Waals surface area contributed by atoms with Gasteiger partial charge in [0, 0.05) is 18.2 Å². The van der Waals surface area contributed by atoms with Gasteiger partial charge in [-0.2, -0.15) is 0 Å². The lowest BCUT2D eigenvalue weighted by Crippen LogP contribution is -2.16. The third-order valence-electron chi connectivity index (χ3n) is 2.71. The highest BCUT2D eigenvalue weighted by Crippen LogP contribution is 2.22. The molecule has 5 heteroatoms. The number of fused-ring (bicyclic) bond motifs is 1. The summed E-state index contributed by atoms with van der Waals surface area (Å²) in [6, 6.07) is 0.240. The molecule has 0 amide bonds. The molecule has 1 aliphatic heterocycles. The minimum atomic E-state index is -0.842. The Morgan fingerprint density at radius 2 is 2.38 bits per heavy atom. The van der Waals surface area contributed by atoms with Gasteiger partial charge in [-0.25, -0.2) is 4.98 Å². The first-order valence-electron chi connectivity index (χ1n) is 5.48. The second-order valence-electron chi connectivity index (χ2n) is 4.26. The van der Waals surface area contributed by atoms with Crippen molar-refractivity contribution in [3.63, 3.8) is 0 Å². The van der Waals surface area contributed by atoms with Gasteiger partial charge >= 0.3 is 5.97 Å². The third kappa shape index (κ3) is 1.95. The molecule has 1 aliphatic rings. The predicted molar refractivity (Wildman–Crippen MR) is 57.3 cm³/mol. The monoisotopic (exact) mass is 224 g/mol. The first-order valence-corrected chi connectivity index (χ1v) is 5.48. The lowest BCUT2D eigenvalue weighted by molar-refractivity contribution is -0.136. The summed E-state index contributed by atoms with van der Waals surface area (Å²) in [6.45, 7) is 5.28. The highest BCUT2D eigenvalue weighted by molar-refractivity contribution is 5.69. The Bertz CT molecular complexity index is 410. The van der Waals surface area contributed by atoms with Crippen molar-refractivity contribution in [2.24, 2.45) is 0 Å². The normalized spacial score (nSPS) is 15.2. The maximum absolute atomic E-state index is 10.8. The van der Waals surface area contributed by atoms with Crippen LogP contribution < -0.4 is 0 Å². The van der Waals surface area contributed by atoms with Crippen molar-refractivity contribution in [3.8, 4) is 0 Å². The van der Waals surface area contributed by atoms with E-state index in [-0.39, 0.29) is 12.5 Å². The van der Waals surface area contributed by atoms with Crippen LogP contribution in [0.3, 0.4) is 0 Å². The fraction of sp³-hybridized carbons (Fsp3) is 0.636. The Balaban J connectivity index is 2.43. The number of hydrogen-bond donors (Lipinski definition) is 1. The number of ether oxygens (including phenoxy) is 1. The van der Waals surface area contributed by atoms with E-state index < -0.39 is 5.97 Å². The lowest BCUT2D eigenvalue weighted by Gasteiger charge is -2.18. The van der Waals surface area contributed by atoms with Crippen molar-refractivity contribution in [2.45, 2.75) is 39.3 Å². The van der Waals surface area contributed by atoms with Gasteiger partial charge in [-0.3, -0.25) is 4.79 Å². The van der Waals surface area contributed by atoms with E-state index in [1.54, 1.807) is 0 Å². The van der Waals surface area contributed by atoms with Crippen molar-refractivity contribution >= 4 is 5.97 Å². The lowest BCUT2D eigenvalue weighted by atomic mass is 10.2. The molecule has 1 aromatic rings. The number of nitrogens with zero attached hydrogens (tertiary/aromatic N) is 2. The van der Waals surface area contributed by atoms with Crippen LogP contribution in [0.4, 0.5) is 0 Å². The molecule has 0 radical (unpaired) electrons. The summed E-state index contributed by atoms with van der Waals surface area (Å²) >= 11 is 0. The summed E-state index contributed by atoms with van der Waals surface area (Å²) in [4.78, 5) is 15.1. The third-order valence-corrected chi connectivity index (χ3v) is 2.71. The summed E-state index contributed by atoms with van der Waals surface area (Å²) < 4.78 is 7.36. The molecule has 0 atom stereocenters. The molecule has 5 nitrogen and oxygen atoms in total. The fourth-order valence-electron chi connectivity index (χ4n) is 2.16. The molecule has 88 valence electrons. The highest BCUT2D eigenvalue weighted by Gasteiger charge is 2.22. The van der Waals surface area contributed by atoms with E-state index in [9.17, 15) is 4.79 Å². The number of carbonyl (C=O) groups is 1. The Hall–Kier alpha value is -1.36. The number of imidazole rings is 1. The molecule has 1 aromatic heterocycles. The van der Waals surface area contributed by atoms with Crippen LogP contribution in [0.15, 0.2) is 0 Å². The van der Waals surface area contributed by atoms with Gasteiger partial charge in [-0.15, -0.1) is 0 Å². The Kier molecular flexibility index (Phi) is 2.96. The van der Waals surface area contributed by atoms with Crippen molar-refractivity contribution in [3.05, 3.63) is 17.2 Å². The SMILES string of the molecule is CC(C)n1c(CC(=O)O)nc2c1CCOC2. The number of aromatic nitrogens is 2. The van der Waals surface area contributed by atoms with E-state index in [1.165, 1.54) is 0 Å². The van der Waals surface area contributed by atoms with E-state index in [0.29, 0.717) is 19.0 Å². The second kappa shape index (κ2) is 4.25. The number of carboxylic acid groups (broad SMARTS) is 1. The molecule has 0 saturated carbocycles. The quantitative estimate of drug-likeness (QED) is 0.836. The Labute approximate surface area is 94.1 Å². The Morgan fingerprint density at radius 3 is 3.00 bits per heavy atom. The average molecular weight is 224 g/mol. The molecular formula is C11H16N2O3. The molecule has 0 aliphatic carbocycles. The van der Waals surface area contributed by atoms with Gasteiger partial charge in [0.2, 0.25) is 0 Å². The zero-order valence-electron chi connectivity index (χ0n) is 9.56. The molecule has 2 heterocycles. The van der Waals surface area contributed by atoms with E-state index >= 15 is 0 Å². The highest BCUT2D eigenvalue weighted by atomic mass is 16.5. The van der Waals surface area contributed by atoms with E-state index in [0.717, 1.165) is 17.8 Å². The molecule has 1 N–H and O–H groups in total. The molecule has 0 fully saturated rings. The van der Waals surface area contributed by atoms with Gasteiger partial charge in [0.25, 0.3) is 0 Å². The van der Waals surface area contributed by atoms with Crippen molar-refractivity contribution < 1.29 is 14.6 Å². The molecular weight excluding hydrogens is 208 g/mol. The molecule has 0 saturated heterocycles. The number of hydrogen-bond acceptors (Lipinski definition) is 3. The van der Waals surface area contributed by atoms with Gasteiger partial charge < -0.3 is 14.4 Å². The van der Waals surface area contributed by atoms with Gasteiger partial charge in [0.15, 0.2) is 0 Å². The zero-order valence-corrected chi connectivity index (χ0v) is 9.56. The number of carboxylic acids is 1. The fourth-order valence-corrected chi connectivity index (χ4v) is 2.16. The summed E-state index contributed by atoms with van der Waals surface area (Å²) in [5.41, 5.74) is 2.04. The maximum Gasteiger partial charge on any atom is 0.311 e. The van der Waals surface area contributed by atoms with Crippen LogP contribution in [-0.4, -0.2) is 27.2 Å². The largest absolute Gasteiger partial charge is 0.481 e. The number of aliphatic carboxylic acids is 1. The van der Waals surface area contributed by atoms with E-state index in [1.807, 2.05) is 18.4 Å². The van der Waals surface area contributed by atoms with Crippen LogP contribution in [0, 0.1) is 0 Å². The van der Waals surface area contributed by atoms with E-state index in [4.69, 9.17) is 9.84 Å². The van der Waals surface area contributed by atoms with E-state index in [2.05, 4.69) is 4.98 Å². The number of rotatable bonds is 3. The molecule has 0 bridgehead atoms. The maximum atomic E-state index is 10.8. The van der Waals surface area contributed by atoms with Gasteiger partial charge in [-0.05, 0) is 13.8 Å². The zero-order chi connectivity index (χ0) is 11.7. The Morgan fingerprint density at radius 1 is 1.62 bits per heavy atom. The van der Waals surface area contributed by atoms with Crippen molar-refractivity contribution in [1.29, 1.82) is 0 Å². The van der Waals surface area contributed by atoms with Crippen LogP contribution in [0.2, 0.25) is 0 Å². The standard InChI is InChI=1S/C11H16N2O3/c1-7(2)13-9-3-4-16-6-8(9)12-10(13)5-11(14)15/h7H,3-6H2,1-2H3,(H,14,15). The summed E-state index contributed by atoms with van der Waals surface area (Å²) in [7, 11) is 0.